The van der Waals surface area contributed by atoms with E-state index >= 15 is 0 Å². The number of benzene rings is 3. The van der Waals surface area contributed by atoms with E-state index in [4.69, 9.17) is 4.65 Å². The maximum Gasteiger partial charge on any atom is 0.455 e. The van der Waals surface area contributed by atoms with Crippen LogP contribution < -0.4 is 4.90 Å². The van der Waals surface area contributed by atoms with Crippen molar-refractivity contribution in [1.82, 2.24) is 0 Å². The van der Waals surface area contributed by atoms with E-state index in [-0.39, 0.29) is 29.6 Å². The van der Waals surface area contributed by atoms with Crippen LogP contribution >= 0.6 is 0 Å². The second-order valence-corrected chi connectivity index (χ2v) is 11.2. The first-order valence-electron chi connectivity index (χ1n) is 14.5. The number of carbonyl (C=O) groups excluding carboxylic acids is 2. The molecule has 6 rings (SSSR count). The quantitative estimate of drug-likeness (QED) is 0.161. The second-order valence-electron chi connectivity index (χ2n) is 11.2. The fourth-order valence-corrected chi connectivity index (χ4v) is 6.99. The van der Waals surface area contributed by atoms with Crippen LogP contribution in [0.3, 0.4) is 0 Å². The average molecular weight is 547 g/mol. The van der Waals surface area contributed by atoms with E-state index in [2.05, 4.69) is 25.1 Å². The van der Waals surface area contributed by atoms with E-state index < -0.39 is 19.0 Å². The first-order chi connectivity index (χ1) is 19.9. The molecular formula is C34H34BNO5. The number of hydrogen-bond donors (Lipinski definition) is 2. The number of aromatic hydroxyl groups is 1. The van der Waals surface area contributed by atoms with Crippen molar-refractivity contribution in [1.29, 1.82) is 0 Å². The molecule has 2 aliphatic heterocycles. The highest BCUT2D eigenvalue weighted by molar-refractivity contribution is 6.43. The molecule has 0 bridgehead atoms. The number of para-hydroxylation sites is 1. The maximum atomic E-state index is 13.8. The van der Waals surface area contributed by atoms with Gasteiger partial charge in [0.1, 0.15) is 5.75 Å². The van der Waals surface area contributed by atoms with Crippen molar-refractivity contribution >= 4 is 36.3 Å². The van der Waals surface area contributed by atoms with Gasteiger partial charge in [0.2, 0.25) is 11.8 Å². The number of fused-ring (bicyclic) bond motifs is 3. The molecule has 1 aliphatic carbocycles. The van der Waals surface area contributed by atoms with Gasteiger partial charge in [0, 0.05) is 0 Å². The largest absolute Gasteiger partial charge is 0.508 e. The molecule has 41 heavy (non-hydrogen) atoms. The molecule has 3 aromatic carbocycles. The van der Waals surface area contributed by atoms with Gasteiger partial charge in [-0.15, -0.1) is 0 Å². The van der Waals surface area contributed by atoms with Crippen LogP contribution in [-0.2, 0) is 14.2 Å². The number of allylic oxidation sites excluding steroid dienone is 2. The van der Waals surface area contributed by atoms with Gasteiger partial charge >= 0.3 is 7.12 Å². The van der Waals surface area contributed by atoms with Crippen molar-refractivity contribution in [2.75, 3.05) is 4.90 Å². The van der Waals surface area contributed by atoms with Crippen LogP contribution in [0.25, 0.3) is 11.6 Å². The van der Waals surface area contributed by atoms with E-state index in [1.807, 2.05) is 48.5 Å². The lowest BCUT2D eigenvalue weighted by Gasteiger charge is -2.43. The fourth-order valence-electron chi connectivity index (χ4n) is 6.99. The first kappa shape index (κ1) is 27.2. The second kappa shape index (κ2) is 11.5. The van der Waals surface area contributed by atoms with Crippen molar-refractivity contribution in [3.63, 3.8) is 0 Å². The number of anilines is 1. The molecule has 3 aliphatic rings. The molecule has 2 N–H and O–H groups in total. The number of imide groups is 1. The molecule has 2 amide bonds. The molecule has 2 fully saturated rings. The number of rotatable bonds is 7. The van der Waals surface area contributed by atoms with Gasteiger partial charge in [-0.1, -0.05) is 79.2 Å². The summed E-state index contributed by atoms with van der Waals surface area (Å²) in [5.74, 6) is -1.26. The van der Waals surface area contributed by atoms with Crippen LogP contribution in [0.5, 0.6) is 5.75 Å². The van der Waals surface area contributed by atoms with Crippen LogP contribution in [0.4, 0.5) is 5.69 Å². The van der Waals surface area contributed by atoms with Crippen molar-refractivity contribution in [3.8, 4) is 5.75 Å². The lowest BCUT2D eigenvalue weighted by molar-refractivity contribution is -0.122. The normalized spacial score (nSPS) is 24.5. The third kappa shape index (κ3) is 5.28. The summed E-state index contributed by atoms with van der Waals surface area (Å²) in [7, 11) is -1.01. The summed E-state index contributed by atoms with van der Waals surface area (Å²) in [6, 6.07) is 26.4. The molecule has 3 aromatic rings. The van der Waals surface area contributed by atoms with Gasteiger partial charge in [0.25, 0.3) is 0 Å². The fraction of sp³-hybridized carbons (Fsp3) is 0.294. The molecule has 0 unspecified atom stereocenters. The number of phenols is 1. The van der Waals surface area contributed by atoms with E-state index in [9.17, 15) is 19.7 Å². The van der Waals surface area contributed by atoms with Crippen molar-refractivity contribution in [3.05, 3.63) is 107 Å². The monoisotopic (exact) mass is 547 g/mol. The Morgan fingerprint density at radius 3 is 2.41 bits per heavy atom. The van der Waals surface area contributed by atoms with Crippen LogP contribution in [0.2, 0.25) is 6.32 Å². The summed E-state index contributed by atoms with van der Waals surface area (Å²) >= 11 is 0. The number of nitrogens with zero attached hydrogens (tertiary/aromatic N) is 1. The number of phenolic OH excluding ortho intramolecular Hbond substituents is 1. The Hall–Kier alpha value is -3.94. The van der Waals surface area contributed by atoms with Gasteiger partial charge in [-0.3, -0.25) is 14.5 Å². The predicted octanol–water partition coefficient (Wildman–Crippen LogP) is 6.12. The van der Waals surface area contributed by atoms with Crippen LogP contribution in [0.1, 0.15) is 43.7 Å². The summed E-state index contributed by atoms with van der Waals surface area (Å²) < 4.78 is 6.19. The Morgan fingerprint density at radius 2 is 1.71 bits per heavy atom. The van der Waals surface area contributed by atoms with E-state index in [0.717, 1.165) is 28.7 Å². The van der Waals surface area contributed by atoms with Crippen molar-refractivity contribution in [2.24, 2.45) is 17.8 Å². The van der Waals surface area contributed by atoms with E-state index in [1.165, 1.54) is 10.5 Å². The van der Waals surface area contributed by atoms with Gasteiger partial charge in [-0.25, -0.2) is 0 Å². The molecule has 7 heteroatoms. The number of amides is 2. The van der Waals surface area contributed by atoms with Crippen molar-refractivity contribution in [2.45, 2.75) is 45.0 Å². The lowest BCUT2D eigenvalue weighted by Crippen LogP contribution is -2.46. The first-order valence-corrected chi connectivity index (χ1v) is 14.5. The smallest absolute Gasteiger partial charge is 0.455 e. The maximum absolute atomic E-state index is 13.8. The predicted molar refractivity (Wildman–Crippen MR) is 161 cm³/mol. The van der Waals surface area contributed by atoms with Crippen LogP contribution in [-0.4, -0.2) is 35.2 Å². The highest BCUT2D eigenvalue weighted by atomic mass is 16.5. The number of carbonyl (C=O) groups is 2. The van der Waals surface area contributed by atoms with Gasteiger partial charge in [-0.05, 0) is 84.5 Å². The highest BCUT2D eigenvalue weighted by Crippen LogP contribution is 2.52. The number of hydrogen-bond acceptors (Lipinski definition) is 5. The van der Waals surface area contributed by atoms with Gasteiger partial charge in [-0.2, -0.15) is 0 Å². The van der Waals surface area contributed by atoms with Crippen molar-refractivity contribution < 1.29 is 24.4 Å². The summed E-state index contributed by atoms with van der Waals surface area (Å²) in [4.78, 5) is 28.8. The van der Waals surface area contributed by atoms with Crippen LogP contribution in [0, 0.1) is 17.8 Å². The third-order valence-corrected chi connectivity index (χ3v) is 8.78. The standard InChI is InChI=1S/C34H34BNO5/c1-2-23-20-28-32(34(39)36(33(28)38)26-13-7-4-8-14-26)29-21-35(40)41-30(31(23)29)17-16-25(24-11-5-3-6-12-24)18-22-10-9-15-27(37)19-22/h3-15,18-19,28-30,32,37,40H,2,16-17,20-21H2,1H3/b25-18-/t28-,29+,30-,32-/m1/s1. The van der Waals surface area contributed by atoms with Gasteiger partial charge in [0.05, 0.1) is 23.6 Å². The summed E-state index contributed by atoms with van der Waals surface area (Å²) in [6.45, 7) is 2.09. The Kier molecular flexibility index (Phi) is 7.65. The molecule has 0 saturated carbocycles. The zero-order valence-corrected chi connectivity index (χ0v) is 23.1. The molecule has 4 atom stereocenters. The molecule has 6 nitrogen and oxygen atoms in total. The molecular weight excluding hydrogens is 513 g/mol. The Labute approximate surface area is 241 Å². The summed E-state index contributed by atoms with van der Waals surface area (Å²) in [5, 5.41) is 20.9. The third-order valence-electron chi connectivity index (χ3n) is 8.78. The molecule has 208 valence electrons. The summed E-state index contributed by atoms with van der Waals surface area (Å²) in [5.41, 5.74) is 5.93. The topological polar surface area (TPSA) is 87.1 Å². The minimum Gasteiger partial charge on any atom is -0.508 e. The lowest BCUT2D eigenvalue weighted by atomic mass is 9.58. The SMILES string of the molecule is CCC1=C2[C@@H](CC/C(=C/c3cccc(O)c3)c3ccccc3)OB(O)C[C@@H]2[C@@H]2C(=O)N(c3ccccc3)C(=O)[C@@H]2C1. The molecule has 0 radical (unpaired) electrons. The highest BCUT2D eigenvalue weighted by Gasteiger charge is 2.57. The summed E-state index contributed by atoms with van der Waals surface area (Å²) in [6.07, 6.45) is 4.63. The Balaban J connectivity index is 1.31. The van der Waals surface area contributed by atoms with Gasteiger partial charge in [0.15, 0.2) is 0 Å². The Morgan fingerprint density at radius 1 is 0.976 bits per heavy atom. The molecule has 0 spiro atoms. The van der Waals surface area contributed by atoms with Gasteiger partial charge < -0.3 is 14.8 Å². The molecule has 2 heterocycles. The Bertz CT molecular complexity index is 1500. The minimum atomic E-state index is -1.01. The zero-order chi connectivity index (χ0) is 28.5. The zero-order valence-electron chi connectivity index (χ0n) is 23.1. The average Bonchev–Trinajstić information content (AvgIpc) is 3.24. The minimum absolute atomic E-state index is 0.144. The molecule has 2 saturated heterocycles. The van der Waals surface area contributed by atoms with E-state index in [0.29, 0.717) is 31.3 Å². The van der Waals surface area contributed by atoms with Crippen LogP contribution in [0.15, 0.2) is 96.1 Å². The molecule has 0 aromatic heterocycles. The van der Waals surface area contributed by atoms with E-state index in [1.54, 1.807) is 24.3 Å².